The Kier molecular flexibility index (Phi) is 14.7. The molecule has 0 radical (unpaired) electrons. The zero-order chi connectivity index (χ0) is 27.2. The maximum absolute atomic E-state index is 14.5. The first-order valence-corrected chi connectivity index (χ1v) is 12.3. The van der Waals surface area contributed by atoms with E-state index in [0.29, 0.717) is 6.42 Å². The Labute approximate surface area is 209 Å². The number of amides is 1. The lowest BCUT2D eigenvalue weighted by Crippen LogP contribution is -2.55. The number of aliphatic hydroxyl groups excluding tert-OH is 1. The monoisotopic (exact) mass is 501 g/mol. The highest BCUT2D eigenvalue weighted by Gasteiger charge is 2.51. The number of alkyl carbamates (subject to hydrolysis) is 1. The average molecular weight is 502 g/mol. The molecule has 0 unspecified atom stereocenters. The molecule has 35 heavy (non-hydrogen) atoms. The Morgan fingerprint density at radius 3 is 1.94 bits per heavy atom. The highest BCUT2D eigenvalue weighted by Crippen LogP contribution is 2.26. The number of aliphatic hydroxyl groups is 1. The van der Waals surface area contributed by atoms with Crippen molar-refractivity contribution in [3.05, 3.63) is 34.9 Å². The first-order valence-electron chi connectivity index (χ1n) is 12.3. The van der Waals surface area contributed by atoms with Crippen LogP contribution in [0.1, 0.15) is 93.9 Å². The summed E-state index contributed by atoms with van der Waals surface area (Å²) in [6.07, 6.45) is 6.92. The summed E-state index contributed by atoms with van der Waals surface area (Å²) in [6, 6.07) is -1.41. The minimum Gasteiger partial charge on any atom is -0.461 e. The normalized spacial score (nSPS) is 14.7. The van der Waals surface area contributed by atoms with Gasteiger partial charge in [0, 0.05) is 0 Å². The van der Waals surface area contributed by atoms with Gasteiger partial charge in [0.2, 0.25) is 0 Å². The van der Waals surface area contributed by atoms with Crippen LogP contribution in [0.3, 0.4) is 0 Å². The van der Waals surface area contributed by atoms with Gasteiger partial charge in [-0.15, -0.1) is 0 Å². The molecule has 2 atom stereocenters. The standard InChI is InChI=1S/C27H45F2NO5/c1-9-34-24(32)27(28,29)23(31)22(30-25(33)35-26(6,7)8)18-12-17-21(5)16-11-15-20(4)14-10-13-19(2)3/h13,15,17,22-23,31H,9-12,14,16,18H2,1-8H3,(H,30,33)/b20-15+,21-17+/t22-,23-/m0/s1. The molecule has 8 heteroatoms. The Hall–Kier alpha value is -2.22. The fraction of sp³-hybridized carbons (Fsp3) is 0.704. The lowest BCUT2D eigenvalue weighted by Gasteiger charge is -2.29. The van der Waals surface area contributed by atoms with Gasteiger partial charge in [0.25, 0.3) is 0 Å². The van der Waals surface area contributed by atoms with Crippen LogP contribution in [-0.2, 0) is 14.3 Å². The largest absolute Gasteiger partial charge is 0.461 e. The van der Waals surface area contributed by atoms with Gasteiger partial charge in [0.05, 0.1) is 12.6 Å². The van der Waals surface area contributed by atoms with E-state index in [1.165, 1.54) is 18.1 Å². The number of esters is 1. The van der Waals surface area contributed by atoms with E-state index in [1.807, 2.05) is 13.0 Å². The quantitative estimate of drug-likeness (QED) is 0.206. The van der Waals surface area contributed by atoms with Gasteiger partial charge < -0.3 is 19.9 Å². The summed E-state index contributed by atoms with van der Waals surface area (Å²) >= 11 is 0. The highest BCUT2D eigenvalue weighted by atomic mass is 19.3. The Morgan fingerprint density at radius 2 is 1.46 bits per heavy atom. The van der Waals surface area contributed by atoms with Crippen molar-refractivity contribution >= 4 is 12.1 Å². The van der Waals surface area contributed by atoms with E-state index in [2.05, 4.69) is 43.0 Å². The lowest BCUT2D eigenvalue weighted by atomic mass is 9.98. The number of carbonyl (C=O) groups is 2. The number of ether oxygens (including phenoxy) is 2. The van der Waals surface area contributed by atoms with Crippen LogP contribution in [0, 0.1) is 0 Å². The predicted octanol–water partition coefficient (Wildman–Crippen LogP) is 6.64. The van der Waals surface area contributed by atoms with Gasteiger partial charge in [-0.25, -0.2) is 9.59 Å². The lowest BCUT2D eigenvalue weighted by molar-refractivity contribution is -0.191. The average Bonchev–Trinajstić information content (AvgIpc) is 2.71. The van der Waals surface area contributed by atoms with E-state index in [0.717, 1.165) is 31.3 Å². The topological polar surface area (TPSA) is 84.9 Å². The second kappa shape index (κ2) is 15.7. The molecule has 0 aliphatic rings. The number of halogens is 2. The van der Waals surface area contributed by atoms with Crippen molar-refractivity contribution in [3.8, 4) is 0 Å². The number of hydrogen-bond acceptors (Lipinski definition) is 5. The summed E-state index contributed by atoms with van der Waals surface area (Å²) in [6.45, 7) is 14.3. The number of allylic oxidation sites excluding steroid dienone is 6. The molecule has 0 spiro atoms. The van der Waals surface area contributed by atoms with Crippen LogP contribution in [0.15, 0.2) is 34.9 Å². The second-order valence-electron chi connectivity index (χ2n) is 10.1. The van der Waals surface area contributed by atoms with Crippen molar-refractivity contribution in [1.82, 2.24) is 5.32 Å². The van der Waals surface area contributed by atoms with Crippen molar-refractivity contribution in [3.63, 3.8) is 0 Å². The Bertz CT molecular complexity index is 762. The van der Waals surface area contributed by atoms with E-state index in [9.17, 15) is 23.5 Å². The van der Waals surface area contributed by atoms with Gasteiger partial charge in [0.1, 0.15) is 11.7 Å². The molecule has 0 aliphatic carbocycles. The summed E-state index contributed by atoms with van der Waals surface area (Å²) < 4.78 is 38.4. The van der Waals surface area contributed by atoms with Crippen LogP contribution in [0.4, 0.5) is 13.6 Å². The third-order valence-electron chi connectivity index (χ3n) is 5.10. The molecule has 0 heterocycles. The van der Waals surface area contributed by atoms with Crippen LogP contribution < -0.4 is 5.32 Å². The fourth-order valence-electron chi connectivity index (χ4n) is 3.22. The number of hydrogen-bond donors (Lipinski definition) is 2. The summed E-state index contributed by atoms with van der Waals surface area (Å²) in [5, 5.41) is 12.6. The fourth-order valence-corrected chi connectivity index (χ4v) is 3.22. The van der Waals surface area contributed by atoms with Gasteiger partial charge in [-0.2, -0.15) is 8.78 Å². The molecule has 6 nitrogen and oxygen atoms in total. The third-order valence-corrected chi connectivity index (χ3v) is 5.10. The molecule has 1 amide bonds. The summed E-state index contributed by atoms with van der Waals surface area (Å²) in [7, 11) is 0. The number of nitrogens with one attached hydrogen (secondary N) is 1. The molecule has 0 aromatic heterocycles. The van der Waals surface area contributed by atoms with E-state index in [4.69, 9.17) is 4.74 Å². The molecule has 0 aromatic rings. The molecule has 2 N–H and O–H groups in total. The second-order valence-corrected chi connectivity index (χ2v) is 10.1. The van der Waals surface area contributed by atoms with Crippen molar-refractivity contribution in [1.29, 1.82) is 0 Å². The molecule has 202 valence electrons. The van der Waals surface area contributed by atoms with E-state index < -0.39 is 35.7 Å². The molecule has 0 rings (SSSR count). The van der Waals surface area contributed by atoms with Gasteiger partial charge in [0.15, 0.2) is 0 Å². The summed E-state index contributed by atoms with van der Waals surface area (Å²) in [5.74, 6) is -6.01. The van der Waals surface area contributed by atoms with Crippen LogP contribution in [-0.4, -0.2) is 47.4 Å². The van der Waals surface area contributed by atoms with E-state index >= 15 is 0 Å². The smallest absolute Gasteiger partial charge is 0.407 e. The number of alkyl halides is 2. The van der Waals surface area contributed by atoms with Crippen LogP contribution in [0.5, 0.6) is 0 Å². The van der Waals surface area contributed by atoms with E-state index in [1.54, 1.807) is 20.8 Å². The first kappa shape index (κ1) is 32.8. The highest BCUT2D eigenvalue weighted by molar-refractivity contribution is 5.78. The Balaban J connectivity index is 5.14. The molecule has 0 aromatic carbocycles. The van der Waals surface area contributed by atoms with Crippen molar-refractivity contribution in [2.45, 2.75) is 118 Å². The summed E-state index contributed by atoms with van der Waals surface area (Å²) in [4.78, 5) is 23.9. The number of rotatable bonds is 14. The maximum Gasteiger partial charge on any atom is 0.407 e. The minimum atomic E-state index is -4.18. The zero-order valence-corrected chi connectivity index (χ0v) is 22.7. The Morgan fingerprint density at radius 1 is 0.943 bits per heavy atom. The minimum absolute atomic E-state index is 0.00961. The molecule has 0 fully saturated rings. The van der Waals surface area contributed by atoms with Crippen molar-refractivity contribution < 1.29 is 33.0 Å². The van der Waals surface area contributed by atoms with Crippen LogP contribution >= 0.6 is 0 Å². The van der Waals surface area contributed by atoms with Gasteiger partial charge in [-0.1, -0.05) is 34.9 Å². The van der Waals surface area contributed by atoms with Crippen molar-refractivity contribution in [2.75, 3.05) is 6.61 Å². The molecular weight excluding hydrogens is 456 g/mol. The number of carbonyl (C=O) groups excluding carboxylic acids is 2. The van der Waals surface area contributed by atoms with E-state index in [-0.39, 0.29) is 13.0 Å². The molecular formula is C27H45F2NO5. The van der Waals surface area contributed by atoms with Crippen LogP contribution in [0.2, 0.25) is 0 Å². The van der Waals surface area contributed by atoms with Crippen molar-refractivity contribution in [2.24, 2.45) is 0 Å². The summed E-state index contributed by atoms with van der Waals surface area (Å²) in [5.41, 5.74) is 2.85. The molecule has 0 saturated carbocycles. The van der Waals surface area contributed by atoms with Gasteiger partial charge >= 0.3 is 18.0 Å². The SMILES string of the molecule is CCOC(=O)C(F)(F)[C@@H](O)[C@H](CC/C=C(\C)CC/C=C(\C)CCC=C(C)C)NC(=O)OC(C)(C)C. The predicted molar refractivity (Wildman–Crippen MR) is 135 cm³/mol. The first-order chi connectivity index (χ1) is 16.1. The van der Waals surface area contributed by atoms with Gasteiger partial charge in [-0.05, 0) is 93.9 Å². The van der Waals surface area contributed by atoms with Crippen LogP contribution in [0.25, 0.3) is 0 Å². The maximum atomic E-state index is 14.5. The molecule has 0 saturated heterocycles. The molecule has 0 bridgehead atoms. The van der Waals surface area contributed by atoms with Gasteiger partial charge in [-0.3, -0.25) is 0 Å². The zero-order valence-electron chi connectivity index (χ0n) is 22.7. The molecule has 0 aliphatic heterocycles. The third kappa shape index (κ3) is 14.7.